The predicted molar refractivity (Wildman–Crippen MR) is 116 cm³/mol. The fraction of sp³-hybridized carbons (Fsp3) is 0.476. The Balaban J connectivity index is 1.24. The first-order valence-electron chi connectivity index (χ1n) is 10.4. The topological polar surface area (TPSA) is 106 Å². The highest BCUT2D eigenvalue weighted by atomic mass is 35.5. The molecule has 3 aromatic rings. The molecule has 1 N–H and O–H groups in total. The summed E-state index contributed by atoms with van der Waals surface area (Å²) >= 11 is 6.18. The minimum absolute atomic E-state index is 0.0111. The third-order valence-corrected chi connectivity index (χ3v) is 5.66. The van der Waals surface area contributed by atoms with Gasteiger partial charge in [-0.3, -0.25) is 0 Å². The van der Waals surface area contributed by atoms with Gasteiger partial charge < -0.3 is 19.5 Å². The second-order valence-electron chi connectivity index (χ2n) is 7.95. The number of ether oxygens (including phenoxy) is 1. The summed E-state index contributed by atoms with van der Waals surface area (Å²) in [6, 6.07) is 7.89. The van der Waals surface area contributed by atoms with Gasteiger partial charge in [0.25, 0.3) is 0 Å². The zero-order valence-corrected chi connectivity index (χ0v) is 18.3. The Morgan fingerprint density at radius 2 is 2.00 bits per heavy atom. The molecule has 4 rings (SSSR count). The van der Waals surface area contributed by atoms with E-state index >= 15 is 0 Å². The van der Waals surface area contributed by atoms with Crippen LogP contribution in [0.15, 0.2) is 28.8 Å². The van der Waals surface area contributed by atoms with E-state index in [0.717, 1.165) is 42.5 Å². The maximum atomic E-state index is 12.0. The second-order valence-corrected chi connectivity index (χ2v) is 8.31. The number of alkyl carbamates (subject to hydrolysis) is 1. The van der Waals surface area contributed by atoms with E-state index in [1.165, 1.54) is 0 Å². The predicted octanol–water partition coefficient (Wildman–Crippen LogP) is 3.93. The third-order valence-electron chi connectivity index (χ3n) is 5.38. The smallest absolute Gasteiger partial charge is 0.407 e. The van der Waals surface area contributed by atoms with Crippen molar-refractivity contribution >= 4 is 34.3 Å². The Kier molecular flexibility index (Phi) is 6.50. The van der Waals surface area contributed by atoms with E-state index in [0.29, 0.717) is 29.3 Å². The van der Waals surface area contributed by atoms with Crippen molar-refractivity contribution in [3.63, 3.8) is 0 Å². The highest BCUT2D eigenvalue weighted by Gasteiger charge is 2.23. The molecule has 1 fully saturated rings. The highest BCUT2D eigenvalue weighted by molar-refractivity contribution is 6.34. The van der Waals surface area contributed by atoms with E-state index in [1.807, 2.05) is 38.1 Å². The maximum Gasteiger partial charge on any atom is 0.407 e. The van der Waals surface area contributed by atoms with E-state index in [1.54, 1.807) is 0 Å². The van der Waals surface area contributed by atoms with Gasteiger partial charge in [-0.25, -0.2) is 4.79 Å². The van der Waals surface area contributed by atoms with Gasteiger partial charge >= 0.3 is 6.09 Å². The molecule has 1 aliphatic rings. The van der Waals surface area contributed by atoms with E-state index in [-0.39, 0.29) is 12.5 Å². The van der Waals surface area contributed by atoms with Crippen LogP contribution in [0.4, 0.5) is 10.6 Å². The minimum Gasteiger partial charge on any atom is -0.441 e. The summed E-state index contributed by atoms with van der Waals surface area (Å²) in [5.74, 6) is 2.25. The fourth-order valence-electron chi connectivity index (χ4n) is 3.61. The van der Waals surface area contributed by atoms with Crippen LogP contribution < -0.4 is 10.2 Å². The maximum absolute atomic E-state index is 12.0. The number of carbonyl (C=O) groups excluding carboxylic acids is 1. The van der Waals surface area contributed by atoms with Crippen molar-refractivity contribution in [1.29, 1.82) is 0 Å². The van der Waals surface area contributed by atoms with E-state index < -0.39 is 6.09 Å². The van der Waals surface area contributed by atoms with Crippen LogP contribution in [0.25, 0.3) is 10.8 Å². The zero-order valence-electron chi connectivity index (χ0n) is 17.5. The van der Waals surface area contributed by atoms with Gasteiger partial charge in [-0.2, -0.15) is 4.98 Å². The molecule has 0 radical (unpaired) electrons. The Bertz CT molecular complexity index is 1050. The van der Waals surface area contributed by atoms with Crippen LogP contribution in [0, 0.1) is 5.92 Å². The lowest BCUT2D eigenvalue weighted by Crippen LogP contribution is -2.39. The van der Waals surface area contributed by atoms with Crippen LogP contribution in [0.1, 0.15) is 44.3 Å². The molecule has 10 heteroatoms. The number of aromatic nitrogens is 4. The number of carbonyl (C=O) groups is 1. The summed E-state index contributed by atoms with van der Waals surface area (Å²) in [6.45, 7) is 6.13. The lowest BCUT2D eigenvalue weighted by molar-refractivity contribution is 0.133. The normalized spacial score (nSPS) is 14.9. The Morgan fingerprint density at radius 1 is 1.26 bits per heavy atom. The van der Waals surface area contributed by atoms with Gasteiger partial charge in [-0.15, -0.1) is 10.2 Å². The number of nitrogens with one attached hydrogen (secondary N) is 1. The van der Waals surface area contributed by atoms with E-state index in [2.05, 4.69) is 30.6 Å². The number of fused-ring (bicyclic) bond motifs is 1. The first-order chi connectivity index (χ1) is 15.0. The quantitative estimate of drug-likeness (QED) is 0.609. The van der Waals surface area contributed by atoms with Crippen molar-refractivity contribution in [2.45, 2.75) is 39.2 Å². The molecule has 0 spiro atoms. The van der Waals surface area contributed by atoms with Crippen molar-refractivity contribution in [1.82, 2.24) is 25.7 Å². The first-order valence-corrected chi connectivity index (χ1v) is 10.8. The Morgan fingerprint density at radius 3 is 2.71 bits per heavy atom. The molecular formula is C21H25ClN6O3. The number of benzene rings is 1. The van der Waals surface area contributed by atoms with Gasteiger partial charge in [-0.1, -0.05) is 54.9 Å². The lowest BCUT2D eigenvalue weighted by Gasteiger charge is -2.33. The van der Waals surface area contributed by atoms with Crippen LogP contribution >= 0.6 is 11.6 Å². The number of piperidine rings is 1. The average Bonchev–Trinajstić information content (AvgIpc) is 3.27. The average molecular weight is 445 g/mol. The molecule has 3 heterocycles. The third kappa shape index (κ3) is 5.04. The molecule has 1 saturated heterocycles. The molecule has 1 amide bonds. The summed E-state index contributed by atoms with van der Waals surface area (Å²) < 4.78 is 10.3. The Labute approximate surface area is 185 Å². The summed E-state index contributed by atoms with van der Waals surface area (Å²) in [7, 11) is 0. The molecule has 31 heavy (non-hydrogen) atoms. The fourth-order valence-corrected chi connectivity index (χ4v) is 3.81. The van der Waals surface area contributed by atoms with Gasteiger partial charge in [0.2, 0.25) is 11.7 Å². The summed E-state index contributed by atoms with van der Waals surface area (Å²) in [5, 5.41) is 17.4. The summed E-state index contributed by atoms with van der Waals surface area (Å²) in [6.07, 6.45) is 1.39. The number of hydrogen-bond donors (Lipinski definition) is 1. The van der Waals surface area contributed by atoms with Crippen molar-refractivity contribution in [3.8, 4) is 0 Å². The molecule has 1 aromatic carbocycles. The molecule has 0 unspecified atom stereocenters. The number of rotatable bonds is 6. The molecule has 2 aromatic heterocycles. The van der Waals surface area contributed by atoms with Crippen LogP contribution in [0.5, 0.6) is 0 Å². The molecular weight excluding hydrogens is 420 g/mol. The second kappa shape index (κ2) is 9.47. The highest BCUT2D eigenvalue weighted by Crippen LogP contribution is 2.30. The molecule has 164 valence electrons. The van der Waals surface area contributed by atoms with E-state index in [4.69, 9.17) is 20.9 Å². The number of anilines is 1. The van der Waals surface area contributed by atoms with Crippen LogP contribution in [-0.2, 0) is 11.3 Å². The summed E-state index contributed by atoms with van der Waals surface area (Å²) in [4.78, 5) is 18.4. The molecule has 1 aliphatic heterocycles. The zero-order chi connectivity index (χ0) is 21.8. The molecule has 9 nitrogen and oxygen atoms in total. The van der Waals surface area contributed by atoms with Crippen LogP contribution in [0.2, 0.25) is 5.15 Å². The van der Waals surface area contributed by atoms with Gasteiger partial charge in [-0.05, 0) is 18.8 Å². The van der Waals surface area contributed by atoms with Gasteiger partial charge in [0.05, 0.1) is 0 Å². The van der Waals surface area contributed by atoms with Gasteiger partial charge in [0.1, 0.15) is 0 Å². The number of amides is 1. The van der Waals surface area contributed by atoms with Crippen molar-refractivity contribution in [2.75, 3.05) is 24.5 Å². The van der Waals surface area contributed by atoms with Gasteiger partial charge in [0, 0.05) is 36.3 Å². The number of nitrogens with zero attached hydrogens (tertiary/aromatic N) is 5. The largest absolute Gasteiger partial charge is 0.441 e. The SMILES string of the molecule is CC(C)c1nc(COC(=O)NCC2CCN(c3nnc(Cl)c4ccccc34)CC2)no1. The first kappa shape index (κ1) is 21.3. The molecule has 0 aliphatic carbocycles. The Hall–Kier alpha value is -2.94. The molecule has 0 saturated carbocycles. The van der Waals surface area contributed by atoms with Crippen LogP contribution in [0.3, 0.4) is 0 Å². The van der Waals surface area contributed by atoms with Crippen molar-refractivity contribution in [3.05, 3.63) is 41.1 Å². The van der Waals surface area contributed by atoms with Gasteiger partial charge in [0.15, 0.2) is 17.6 Å². The minimum atomic E-state index is -0.479. The molecule has 0 atom stereocenters. The lowest BCUT2D eigenvalue weighted by atomic mass is 9.96. The summed E-state index contributed by atoms with van der Waals surface area (Å²) in [5.41, 5.74) is 0. The van der Waals surface area contributed by atoms with Crippen molar-refractivity contribution < 1.29 is 14.1 Å². The number of halogens is 1. The monoisotopic (exact) mass is 444 g/mol. The van der Waals surface area contributed by atoms with Crippen molar-refractivity contribution in [2.24, 2.45) is 5.92 Å². The molecule has 0 bridgehead atoms. The standard InChI is InChI=1S/C21H25ClN6O3/c1-13(2)20-24-17(27-31-20)12-30-21(29)23-11-14-7-9-28(10-8-14)19-16-6-4-3-5-15(16)18(22)25-26-19/h3-6,13-14H,7-12H2,1-2H3,(H,23,29). The van der Waals surface area contributed by atoms with Crippen LogP contribution in [-0.4, -0.2) is 46.1 Å². The number of hydrogen-bond acceptors (Lipinski definition) is 8. The van der Waals surface area contributed by atoms with E-state index in [9.17, 15) is 4.79 Å².